The Balaban J connectivity index is 3.48. The van der Waals surface area contributed by atoms with Crippen molar-refractivity contribution in [1.29, 1.82) is 0 Å². The van der Waals surface area contributed by atoms with Crippen molar-refractivity contribution in [1.82, 2.24) is 63.8 Å². The first-order chi connectivity index (χ1) is 43.7. The van der Waals surface area contributed by atoms with Gasteiger partial charge < -0.3 is 99.5 Å². The molecule has 0 aromatic heterocycles. The highest BCUT2D eigenvalue weighted by atomic mass is 16.4. The highest BCUT2D eigenvalue weighted by Crippen LogP contribution is 2.14. The minimum Gasteiger partial charge on any atom is -0.481 e. The number of carbonyl (C=O) groups is 17. The van der Waals surface area contributed by atoms with Crippen molar-refractivity contribution in [3.63, 3.8) is 0 Å². The molecule has 0 bridgehead atoms. The number of carbonyl (C=O) groups excluding carboxylic acids is 11. The first kappa shape index (κ1) is 82.9. The minimum absolute atomic E-state index is 0.0971. The molecule has 94 heavy (non-hydrogen) atoms. The molecule has 0 unspecified atom stereocenters. The monoisotopic (exact) mass is 1340 g/mol. The first-order valence-corrected chi connectivity index (χ1v) is 30.8. The fourth-order valence-corrected chi connectivity index (χ4v) is 9.32. The van der Waals surface area contributed by atoms with Gasteiger partial charge in [0.2, 0.25) is 65.0 Å². The number of rotatable bonds is 45. The van der Waals surface area contributed by atoms with E-state index in [9.17, 15) is 112 Å². The molecule has 530 valence electrons. The number of carboxylic acids is 6. The van der Waals surface area contributed by atoms with Crippen molar-refractivity contribution < 1.29 is 117 Å². The Morgan fingerprint density at radius 3 is 0.915 bits per heavy atom. The second kappa shape index (κ2) is 41.5. The van der Waals surface area contributed by atoms with Crippen molar-refractivity contribution >= 4 is 101 Å². The molecule has 11 amide bonds. The molecule has 13 atom stereocenters. The van der Waals surface area contributed by atoms with E-state index < -0.39 is 250 Å². The molecule has 0 aromatic rings. The molecule has 36 nitrogen and oxygen atoms in total. The predicted octanol–water partition coefficient (Wildman–Crippen LogP) is -3.96. The topological polar surface area (TPSA) is 576 Å². The summed E-state index contributed by atoms with van der Waals surface area (Å²) in [5, 5.41) is 96.0. The van der Waals surface area contributed by atoms with Gasteiger partial charge in [-0.3, -0.25) is 76.7 Å². The van der Waals surface area contributed by atoms with Gasteiger partial charge in [0.25, 0.3) is 0 Å². The van der Waals surface area contributed by atoms with E-state index in [1.165, 1.54) is 6.92 Å². The summed E-state index contributed by atoms with van der Waals surface area (Å²) in [7, 11) is 0. The lowest BCUT2D eigenvalue weighted by atomic mass is 10.00. The molecule has 1 saturated heterocycles. The molecule has 0 saturated carbocycles. The van der Waals surface area contributed by atoms with Crippen molar-refractivity contribution in [2.45, 2.75) is 237 Å². The van der Waals surface area contributed by atoms with Gasteiger partial charge in [-0.2, -0.15) is 0 Å². The molecule has 1 rings (SSSR count). The lowest BCUT2D eigenvalue weighted by Gasteiger charge is -2.28. The fraction of sp³-hybridized carbons (Fsp3) is 0.707. The van der Waals surface area contributed by atoms with Crippen LogP contribution in [0, 0.1) is 17.8 Å². The van der Waals surface area contributed by atoms with Crippen LogP contribution in [0.1, 0.15) is 159 Å². The van der Waals surface area contributed by atoms with Gasteiger partial charge in [-0.25, -0.2) is 4.79 Å². The van der Waals surface area contributed by atoms with Crippen molar-refractivity contribution in [3.05, 3.63) is 0 Å². The zero-order chi connectivity index (χ0) is 71.9. The zero-order valence-electron chi connectivity index (χ0n) is 54.1. The molecule has 1 aliphatic rings. The number of carboxylic acid groups (broad SMARTS) is 6. The molecule has 1 fully saturated rings. The van der Waals surface area contributed by atoms with E-state index in [0.717, 1.165) is 13.8 Å². The number of aliphatic hydroxyl groups excluding tert-OH is 1. The Morgan fingerprint density at radius 2 is 0.606 bits per heavy atom. The van der Waals surface area contributed by atoms with Crippen LogP contribution in [0.4, 0.5) is 0 Å². The smallest absolute Gasteiger partial charge is 0.326 e. The summed E-state index contributed by atoms with van der Waals surface area (Å²) >= 11 is 0. The molecule has 19 N–H and O–H groups in total. The third-order valence-corrected chi connectivity index (χ3v) is 14.3. The lowest BCUT2D eigenvalue weighted by molar-refractivity contribution is -0.144. The van der Waals surface area contributed by atoms with Crippen LogP contribution in [0.15, 0.2) is 0 Å². The van der Waals surface area contributed by atoms with Crippen molar-refractivity contribution in [3.8, 4) is 0 Å². The molecule has 0 aliphatic carbocycles. The standard InChI is InChI=1S/C58H94N12O24/c1-26(2)23-38(54(89)61-30(8)48(83)66-37(58(93)94)16-21-45(80)81)68-53(88)35(14-19-43(76)77)64-55(90)39(24-27(3)4)69-52(87)34(13-18-42(74)75)62-47(82)29(7)60-50(85)33(12-17-41(72)73)63-51(86)36(15-20-44(78)79)65-57(92)46(31(9)71)70-56(91)40(25-28(5)6)67-49(84)32-11-10-22-59-32/h26-40,46,59,71H,10-25H2,1-9H3,(H,60,85)(H,61,89)(H,62,82)(H,63,86)(H,64,90)(H,65,92)(H,66,83)(H,67,84)(H,68,88)(H,69,87)(H,70,91)(H,72,73)(H,74,75)(H,76,77)(H,78,79)(H,80,81)(H,93,94)/t29-,30-,31+,32-,33-,34-,35-,36-,37-,38-,39-,40-,46-/m0/s1. The van der Waals surface area contributed by atoms with Crippen LogP contribution in [0.3, 0.4) is 0 Å². The third-order valence-electron chi connectivity index (χ3n) is 14.3. The van der Waals surface area contributed by atoms with Crippen LogP contribution in [0.25, 0.3) is 0 Å². The Kier molecular flexibility index (Phi) is 36.6. The van der Waals surface area contributed by atoms with Crippen molar-refractivity contribution in [2.75, 3.05) is 6.54 Å². The highest BCUT2D eigenvalue weighted by molar-refractivity contribution is 6.00. The maximum atomic E-state index is 14.1. The van der Waals surface area contributed by atoms with Gasteiger partial charge in [0, 0.05) is 32.1 Å². The summed E-state index contributed by atoms with van der Waals surface area (Å²) in [5.41, 5.74) is 0. The van der Waals surface area contributed by atoms with E-state index in [1.807, 2.05) is 0 Å². The van der Waals surface area contributed by atoms with Crippen LogP contribution in [0.5, 0.6) is 0 Å². The minimum atomic E-state index is -1.87. The average molecular weight is 1340 g/mol. The van der Waals surface area contributed by atoms with E-state index in [2.05, 4.69) is 63.8 Å². The van der Waals surface area contributed by atoms with Crippen LogP contribution < -0.4 is 63.8 Å². The van der Waals surface area contributed by atoms with E-state index in [-0.39, 0.29) is 31.1 Å². The van der Waals surface area contributed by atoms with Gasteiger partial charge in [0.05, 0.1) is 12.1 Å². The summed E-state index contributed by atoms with van der Waals surface area (Å²) in [6, 6.07) is -18.8. The number of nitrogens with one attached hydrogen (secondary N) is 12. The Morgan fingerprint density at radius 1 is 0.340 bits per heavy atom. The van der Waals surface area contributed by atoms with Gasteiger partial charge in [-0.15, -0.1) is 0 Å². The largest absolute Gasteiger partial charge is 0.481 e. The molecule has 0 aromatic carbocycles. The highest BCUT2D eigenvalue weighted by Gasteiger charge is 2.38. The number of aliphatic hydroxyl groups is 1. The normalized spacial score (nSPS) is 16.6. The number of hydrogen-bond donors (Lipinski definition) is 19. The fourth-order valence-electron chi connectivity index (χ4n) is 9.32. The average Bonchev–Trinajstić information content (AvgIpc) is 0.972. The maximum absolute atomic E-state index is 14.1. The van der Waals surface area contributed by atoms with E-state index >= 15 is 0 Å². The molecule has 0 radical (unpaired) electrons. The van der Waals surface area contributed by atoms with E-state index in [4.69, 9.17) is 5.11 Å². The molecule has 1 heterocycles. The van der Waals surface area contributed by atoms with Gasteiger partial charge in [0.15, 0.2) is 0 Å². The van der Waals surface area contributed by atoms with Gasteiger partial charge in [-0.05, 0) is 109 Å². The maximum Gasteiger partial charge on any atom is 0.326 e. The predicted molar refractivity (Wildman–Crippen MR) is 326 cm³/mol. The summed E-state index contributed by atoms with van der Waals surface area (Å²) in [4.78, 5) is 220. The third kappa shape index (κ3) is 32.5. The van der Waals surface area contributed by atoms with Crippen molar-refractivity contribution in [2.24, 2.45) is 17.8 Å². The Hall–Kier alpha value is -9.09. The summed E-state index contributed by atoms with van der Waals surface area (Å²) in [5.74, 6) is -21.4. The number of amides is 11. The molecule has 36 heteroatoms. The first-order valence-electron chi connectivity index (χ1n) is 30.8. The Labute approximate surface area is 541 Å². The summed E-state index contributed by atoms with van der Waals surface area (Å²) in [6.45, 7) is 14.0. The SMILES string of the molecule is CC(C)C[C@H](NC(=O)[C@H](CCC(=O)O)NC(=O)[C@H](CC(C)C)NC(=O)[C@H](CCC(=O)O)NC(=O)[C@H](C)NC(=O)[C@H](CCC(=O)O)NC(=O)[C@H](CCC(=O)O)NC(=O)[C@@H](NC(=O)[C@H](CC(C)C)NC(=O)[C@@H]1CCCN1)[C@@H](C)O)C(=O)N[C@@H](C)C(=O)N[C@@H](CCC(=O)O)C(=O)O. The molecular formula is C58H94N12O24. The van der Waals surface area contributed by atoms with Gasteiger partial charge >= 0.3 is 35.8 Å². The van der Waals surface area contributed by atoms with Crippen LogP contribution in [-0.2, 0) is 81.5 Å². The quantitative estimate of drug-likeness (QED) is 0.0277. The zero-order valence-corrected chi connectivity index (χ0v) is 54.1. The van der Waals surface area contributed by atoms with Crippen LogP contribution in [0.2, 0.25) is 0 Å². The summed E-state index contributed by atoms with van der Waals surface area (Å²) in [6.07, 6.45) is -7.56. The number of aliphatic carboxylic acids is 6. The van der Waals surface area contributed by atoms with E-state index in [0.29, 0.717) is 19.4 Å². The molecular weight excluding hydrogens is 1250 g/mol. The van der Waals surface area contributed by atoms with Gasteiger partial charge in [-0.1, -0.05) is 41.5 Å². The molecule has 0 spiro atoms. The summed E-state index contributed by atoms with van der Waals surface area (Å²) < 4.78 is 0. The number of hydrogen-bond acceptors (Lipinski definition) is 19. The van der Waals surface area contributed by atoms with Crippen LogP contribution in [-0.4, -0.2) is 222 Å². The Bertz CT molecular complexity index is 2700. The van der Waals surface area contributed by atoms with Crippen LogP contribution >= 0.6 is 0 Å². The lowest BCUT2D eigenvalue weighted by Crippen LogP contribution is -2.61. The second-order valence-corrected chi connectivity index (χ2v) is 24.2. The second-order valence-electron chi connectivity index (χ2n) is 24.2. The van der Waals surface area contributed by atoms with E-state index in [1.54, 1.807) is 41.5 Å². The molecule has 1 aliphatic heterocycles. The van der Waals surface area contributed by atoms with Gasteiger partial charge in [0.1, 0.15) is 66.5 Å².